The van der Waals surface area contributed by atoms with Gasteiger partial charge in [-0.2, -0.15) is 0 Å². The number of methoxy groups -OCH3 is 1. The minimum Gasteiger partial charge on any atom is -0.493 e. The van der Waals surface area contributed by atoms with Crippen LogP contribution in [0.25, 0.3) is 10.9 Å². The molecular formula is C19H19BrN2O4. The van der Waals surface area contributed by atoms with E-state index in [0.29, 0.717) is 22.6 Å². The molecule has 3 aromatic rings. The van der Waals surface area contributed by atoms with Crippen molar-refractivity contribution in [2.45, 2.75) is 12.8 Å². The molecule has 1 N–H and O–H groups in total. The molecule has 0 spiro atoms. The molecule has 0 amide bonds. The van der Waals surface area contributed by atoms with E-state index in [-0.39, 0.29) is 11.5 Å². The maximum absolute atomic E-state index is 11.4. The highest BCUT2D eigenvalue weighted by molar-refractivity contribution is 9.10. The van der Waals surface area contributed by atoms with Crippen molar-refractivity contribution in [1.29, 1.82) is 0 Å². The lowest BCUT2D eigenvalue weighted by Crippen LogP contribution is -2.14. The number of rotatable bonds is 7. The minimum absolute atomic E-state index is 0.217. The van der Waals surface area contributed by atoms with Crippen molar-refractivity contribution < 1.29 is 14.4 Å². The summed E-state index contributed by atoms with van der Waals surface area (Å²) in [7, 11) is 1.56. The summed E-state index contributed by atoms with van der Waals surface area (Å²) < 4.78 is 11.8. The number of hydrogen-bond acceptors (Lipinski definition) is 4. The topological polar surface area (TPSA) is 77.4 Å². The molecule has 0 unspecified atom stereocenters. The second-order valence-corrected chi connectivity index (χ2v) is 6.68. The highest BCUT2D eigenvalue weighted by Gasteiger charge is 2.25. The molecule has 1 aromatic heterocycles. The maximum atomic E-state index is 11.4. The van der Waals surface area contributed by atoms with Crippen LogP contribution in [0.3, 0.4) is 0 Å². The van der Waals surface area contributed by atoms with Crippen molar-refractivity contribution >= 4 is 26.8 Å². The molecule has 1 atom stereocenters. The van der Waals surface area contributed by atoms with Crippen LogP contribution in [0.15, 0.2) is 47.1 Å². The third kappa shape index (κ3) is 3.53. The first-order valence-corrected chi connectivity index (χ1v) is 9.02. The zero-order chi connectivity index (χ0) is 18.7. The van der Waals surface area contributed by atoms with E-state index in [9.17, 15) is 10.1 Å². The van der Waals surface area contributed by atoms with Crippen molar-refractivity contribution in [1.82, 2.24) is 4.98 Å². The Morgan fingerprint density at radius 2 is 2.08 bits per heavy atom. The molecule has 136 valence electrons. The Morgan fingerprint density at radius 1 is 1.31 bits per heavy atom. The number of ether oxygens (including phenoxy) is 2. The quantitative estimate of drug-likeness (QED) is 0.443. The van der Waals surface area contributed by atoms with Gasteiger partial charge in [0.05, 0.1) is 24.1 Å². The average molecular weight is 419 g/mol. The van der Waals surface area contributed by atoms with E-state index < -0.39 is 5.92 Å². The summed E-state index contributed by atoms with van der Waals surface area (Å²) in [6.45, 7) is 2.17. The van der Waals surface area contributed by atoms with E-state index in [1.165, 1.54) is 0 Å². The fourth-order valence-electron chi connectivity index (χ4n) is 3.14. The molecule has 26 heavy (non-hydrogen) atoms. The van der Waals surface area contributed by atoms with Crippen molar-refractivity contribution in [3.63, 3.8) is 0 Å². The van der Waals surface area contributed by atoms with Gasteiger partial charge in [-0.3, -0.25) is 10.1 Å². The second-order valence-electron chi connectivity index (χ2n) is 5.82. The molecule has 0 aliphatic heterocycles. The fraction of sp³-hybridized carbons (Fsp3) is 0.263. The molecule has 3 rings (SSSR count). The number of hydrogen-bond donors (Lipinski definition) is 1. The van der Waals surface area contributed by atoms with E-state index in [1.807, 2.05) is 49.5 Å². The molecule has 0 aliphatic carbocycles. The monoisotopic (exact) mass is 418 g/mol. The van der Waals surface area contributed by atoms with Crippen molar-refractivity contribution in [3.05, 3.63) is 68.3 Å². The highest BCUT2D eigenvalue weighted by Crippen LogP contribution is 2.41. The number of para-hydroxylation sites is 1. The average Bonchev–Trinajstić information content (AvgIpc) is 3.05. The normalized spacial score (nSPS) is 12.1. The van der Waals surface area contributed by atoms with Crippen molar-refractivity contribution in [2.75, 3.05) is 20.3 Å². The van der Waals surface area contributed by atoms with Gasteiger partial charge in [0.25, 0.3) is 0 Å². The number of nitrogens with one attached hydrogen (secondary N) is 1. The summed E-state index contributed by atoms with van der Waals surface area (Å²) in [4.78, 5) is 14.3. The largest absolute Gasteiger partial charge is 0.493 e. The van der Waals surface area contributed by atoms with E-state index in [0.717, 1.165) is 22.0 Å². The number of nitro groups is 1. The molecule has 0 fully saturated rings. The molecule has 0 saturated heterocycles. The smallest absolute Gasteiger partial charge is 0.214 e. The SMILES string of the molecule is CCOc1c(Br)cc([C@H](C[N+](=O)[O-])c2c[nH]c3ccccc23)cc1OC. The number of benzene rings is 2. The van der Waals surface area contributed by atoms with E-state index in [2.05, 4.69) is 20.9 Å². The van der Waals surface area contributed by atoms with Crippen molar-refractivity contribution in [2.24, 2.45) is 0 Å². The molecule has 6 nitrogen and oxygen atoms in total. The van der Waals surface area contributed by atoms with Gasteiger partial charge in [-0.15, -0.1) is 0 Å². The van der Waals surface area contributed by atoms with Crippen LogP contribution in [-0.2, 0) is 0 Å². The minimum atomic E-state index is -0.415. The van der Waals surface area contributed by atoms with Crippen LogP contribution in [0.2, 0.25) is 0 Å². The highest BCUT2D eigenvalue weighted by atomic mass is 79.9. The second kappa shape index (κ2) is 7.78. The number of fused-ring (bicyclic) bond motifs is 1. The van der Waals surface area contributed by atoms with Crippen LogP contribution in [0.5, 0.6) is 11.5 Å². The van der Waals surface area contributed by atoms with E-state index in [4.69, 9.17) is 9.47 Å². The Kier molecular flexibility index (Phi) is 5.46. The Bertz CT molecular complexity index is 938. The van der Waals surface area contributed by atoms with Gasteiger partial charge in [0, 0.05) is 22.0 Å². The molecule has 1 heterocycles. The summed E-state index contributed by atoms with van der Waals surface area (Å²) in [5.41, 5.74) is 2.63. The summed E-state index contributed by atoms with van der Waals surface area (Å²) in [5.74, 6) is 0.726. The lowest BCUT2D eigenvalue weighted by molar-refractivity contribution is -0.481. The Balaban J connectivity index is 2.14. The lowest BCUT2D eigenvalue weighted by Gasteiger charge is -2.17. The number of halogens is 1. The Morgan fingerprint density at radius 3 is 2.77 bits per heavy atom. The van der Waals surface area contributed by atoms with E-state index >= 15 is 0 Å². The van der Waals surface area contributed by atoms with Crippen LogP contribution in [0, 0.1) is 10.1 Å². The third-order valence-electron chi connectivity index (χ3n) is 4.27. The lowest BCUT2D eigenvalue weighted by atomic mass is 9.90. The Labute approximate surface area is 159 Å². The van der Waals surface area contributed by atoms with Gasteiger partial charge in [-0.25, -0.2) is 0 Å². The summed E-state index contributed by atoms with van der Waals surface area (Å²) in [6.07, 6.45) is 1.84. The maximum Gasteiger partial charge on any atom is 0.214 e. The standard InChI is InChI=1S/C19H19BrN2O4/c1-3-26-19-16(20)8-12(9-18(19)25-2)15(11-22(23)24)14-10-21-17-7-5-4-6-13(14)17/h4-10,15,21H,3,11H2,1-2H3/t15-/m0/s1. The van der Waals surface area contributed by atoms with Gasteiger partial charge in [0.2, 0.25) is 6.54 Å². The third-order valence-corrected chi connectivity index (χ3v) is 4.86. The first kappa shape index (κ1) is 18.3. The van der Waals surface area contributed by atoms with Crippen LogP contribution in [-0.4, -0.2) is 30.2 Å². The fourth-order valence-corrected chi connectivity index (χ4v) is 3.71. The van der Waals surface area contributed by atoms with Gasteiger partial charge in [-0.1, -0.05) is 18.2 Å². The summed E-state index contributed by atoms with van der Waals surface area (Å²) in [6, 6.07) is 11.5. The predicted molar refractivity (Wildman–Crippen MR) is 104 cm³/mol. The van der Waals surface area contributed by atoms with Crippen LogP contribution in [0.1, 0.15) is 24.0 Å². The number of aromatic amines is 1. The van der Waals surface area contributed by atoms with Gasteiger partial charge in [0.15, 0.2) is 11.5 Å². The number of aromatic nitrogens is 1. The van der Waals surface area contributed by atoms with Crippen LogP contribution < -0.4 is 9.47 Å². The molecule has 0 aliphatic rings. The molecule has 2 aromatic carbocycles. The molecule has 0 saturated carbocycles. The van der Waals surface area contributed by atoms with Gasteiger partial charge in [-0.05, 0) is 52.2 Å². The first-order valence-electron chi connectivity index (χ1n) is 8.23. The van der Waals surface area contributed by atoms with Crippen molar-refractivity contribution in [3.8, 4) is 11.5 Å². The zero-order valence-electron chi connectivity index (χ0n) is 14.5. The number of nitrogens with zero attached hydrogens (tertiary/aromatic N) is 1. The van der Waals surface area contributed by atoms with Crippen LogP contribution in [0.4, 0.5) is 0 Å². The number of H-pyrrole nitrogens is 1. The molecule has 7 heteroatoms. The molecular weight excluding hydrogens is 400 g/mol. The first-order chi connectivity index (χ1) is 12.5. The van der Waals surface area contributed by atoms with Gasteiger partial charge < -0.3 is 14.5 Å². The summed E-state index contributed by atoms with van der Waals surface area (Å²) in [5, 5.41) is 12.3. The van der Waals surface area contributed by atoms with Crippen LogP contribution >= 0.6 is 15.9 Å². The molecule has 0 bridgehead atoms. The zero-order valence-corrected chi connectivity index (χ0v) is 16.1. The summed E-state index contributed by atoms with van der Waals surface area (Å²) >= 11 is 3.50. The van der Waals surface area contributed by atoms with Gasteiger partial charge in [0.1, 0.15) is 0 Å². The van der Waals surface area contributed by atoms with Gasteiger partial charge >= 0.3 is 0 Å². The Hall–Kier alpha value is -2.54. The predicted octanol–water partition coefficient (Wildman–Crippen LogP) is 4.75. The van der Waals surface area contributed by atoms with E-state index in [1.54, 1.807) is 7.11 Å². The molecule has 0 radical (unpaired) electrons.